The van der Waals surface area contributed by atoms with Gasteiger partial charge in [0.05, 0.1) is 23.2 Å². The fourth-order valence-corrected chi connectivity index (χ4v) is 3.88. The molecule has 0 aromatic heterocycles. The zero-order chi connectivity index (χ0) is 22.1. The Labute approximate surface area is 178 Å². The van der Waals surface area contributed by atoms with Crippen LogP contribution in [0.3, 0.4) is 0 Å². The summed E-state index contributed by atoms with van der Waals surface area (Å²) in [6.45, 7) is 4.64. The smallest absolute Gasteiger partial charge is 0.253 e. The van der Waals surface area contributed by atoms with E-state index in [4.69, 9.17) is 0 Å². The van der Waals surface area contributed by atoms with Crippen LogP contribution in [0.4, 0.5) is 11.4 Å². The number of anilines is 2. The van der Waals surface area contributed by atoms with E-state index in [9.17, 15) is 18.0 Å². The molecule has 0 radical (unpaired) electrons. The average molecular weight is 432 g/mol. The lowest BCUT2D eigenvalue weighted by Gasteiger charge is -2.22. The van der Waals surface area contributed by atoms with Crippen LogP contribution in [-0.2, 0) is 14.8 Å². The molecule has 0 bridgehead atoms. The summed E-state index contributed by atoms with van der Waals surface area (Å²) < 4.78 is 25.6. The summed E-state index contributed by atoms with van der Waals surface area (Å²) in [6, 6.07) is 14.0. The summed E-state index contributed by atoms with van der Waals surface area (Å²) >= 11 is 0. The molecule has 0 heterocycles. The quantitative estimate of drug-likeness (QED) is 0.603. The highest BCUT2D eigenvalue weighted by atomic mass is 32.2. The van der Waals surface area contributed by atoms with Crippen molar-refractivity contribution in [2.45, 2.75) is 33.1 Å². The molecule has 2 rings (SSSR count). The van der Waals surface area contributed by atoms with E-state index in [2.05, 4.69) is 10.6 Å². The van der Waals surface area contributed by atoms with E-state index in [-0.39, 0.29) is 24.8 Å². The molecule has 0 aliphatic rings. The molecular weight excluding hydrogens is 402 g/mol. The first-order valence-electron chi connectivity index (χ1n) is 9.94. The van der Waals surface area contributed by atoms with Crippen molar-refractivity contribution >= 4 is 33.2 Å². The number of aryl methyl sites for hydroxylation is 1. The van der Waals surface area contributed by atoms with E-state index in [1.165, 1.54) is 4.31 Å². The van der Waals surface area contributed by atoms with E-state index in [0.29, 0.717) is 29.9 Å². The van der Waals surface area contributed by atoms with E-state index < -0.39 is 10.0 Å². The minimum Gasteiger partial charge on any atom is -0.352 e. The molecule has 30 heavy (non-hydrogen) atoms. The largest absolute Gasteiger partial charge is 0.352 e. The van der Waals surface area contributed by atoms with Gasteiger partial charge < -0.3 is 10.6 Å². The highest BCUT2D eigenvalue weighted by Crippen LogP contribution is 2.19. The summed E-state index contributed by atoms with van der Waals surface area (Å²) in [7, 11) is -3.47. The normalized spacial score (nSPS) is 11.0. The topological polar surface area (TPSA) is 95.6 Å². The van der Waals surface area contributed by atoms with Crippen LogP contribution in [0.5, 0.6) is 0 Å². The van der Waals surface area contributed by atoms with Crippen molar-refractivity contribution in [2.75, 3.05) is 29.0 Å². The van der Waals surface area contributed by atoms with E-state index >= 15 is 0 Å². The Morgan fingerprint density at radius 3 is 2.33 bits per heavy atom. The van der Waals surface area contributed by atoms with Gasteiger partial charge in [-0.3, -0.25) is 13.9 Å². The number of carbonyl (C=O) groups is 2. The molecule has 2 aromatic carbocycles. The molecule has 0 atom stereocenters. The Balaban J connectivity index is 1.99. The first kappa shape index (κ1) is 23.4. The molecule has 162 valence electrons. The number of amides is 2. The first-order chi connectivity index (χ1) is 14.2. The van der Waals surface area contributed by atoms with Gasteiger partial charge in [0.25, 0.3) is 5.91 Å². The third kappa shape index (κ3) is 6.88. The number of hydrogen-bond donors (Lipinski definition) is 2. The fourth-order valence-electron chi connectivity index (χ4n) is 2.92. The van der Waals surface area contributed by atoms with Crippen LogP contribution in [0.25, 0.3) is 0 Å². The van der Waals surface area contributed by atoms with Crippen LogP contribution in [0.1, 0.15) is 42.1 Å². The highest BCUT2D eigenvalue weighted by Gasteiger charge is 2.18. The number of hydrogen-bond acceptors (Lipinski definition) is 4. The maximum absolute atomic E-state index is 12.4. The van der Waals surface area contributed by atoms with Gasteiger partial charge in [-0.15, -0.1) is 0 Å². The van der Waals surface area contributed by atoms with Gasteiger partial charge in [-0.2, -0.15) is 0 Å². The van der Waals surface area contributed by atoms with Crippen molar-refractivity contribution in [2.24, 2.45) is 0 Å². The summed E-state index contributed by atoms with van der Waals surface area (Å²) in [5.74, 6) is -0.515. The van der Waals surface area contributed by atoms with Crippen molar-refractivity contribution in [1.29, 1.82) is 0 Å². The number of nitrogens with zero attached hydrogens (tertiary/aromatic N) is 1. The molecule has 2 aromatic rings. The molecule has 7 nitrogen and oxygen atoms in total. The Bertz CT molecular complexity index is 972. The van der Waals surface area contributed by atoms with Crippen LogP contribution < -0.4 is 14.9 Å². The molecule has 0 saturated carbocycles. The predicted octanol–water partition coefficient (Wildman–Crippen LogP) is 3.32. The van der Waals surface area contributed by atoms with Crippen molar-refractivity contribution in [3.8, 4) is 0 Å². The standard InChI is InChI=1S/C22H29N3O4S/c1-4-15-23-22(27)19-8-5-6-9-20(19)24-21(26)10-7-16-25(30(3,28)29)18-13-11-17(2)12-14-18/h5-6,8-9,11-14H,4,7,10,15-16H2,1-3H3,(H,23,27)(H,24,26). The average Bonchev–Trinajstić information content (AvgIpc) is 2.70. The number of carbonyl (C=O) groups excluding carboxylic acids is 2. The minimum absolute atomic E-state index is 0.128. The van der Waals surface area contributed by atoms with Gasteiger partial charge >= 0.3 is 0 Å². The summed E-state index contributed by atoms with van der Waals surface area (Å²) in [5.41, 5.74) is 2.45. The molecule has 0 unspecified atom stereocenters. The van der Waals surface area contributed by atoms with E-state index in [0.717, 1.165) is 18.2 Å². The third-order valence-electron chi connectivity index (χ3n) is 4.47. The molecule has 2 N–H and O–H groups in total. The van der Waals surface area contributed by atoms with Crippen molar-refractivity contribution in [1.82, 2.24) is 5.32 Å². The lowest BCUT2D eigenvalue weighted by Crippen LogP contribution is -2.31. The third-order valence-corrected chi connectivity index (χ3v) is 5.66. The minimum atomic E-state index is -3.47. The zero-order valence-corrected chi connectivity index (χ0v) is 18.5. The van der Waals surface area contributed by atoms with Gasteiger partial charge in [-0.25, -0.2) is 8.42 Å². The molecule has 0 saturated heterocycles. The monoisotopic (exact) mass is 431 g/mol. The number of rotatable bonds is 10. The van der Waals surface area contributed by atoms with Crippen LogP contribution >= 0.6 is 0 Å². The summed E-state index contributed by atoms with van der Waals surface area (Å²) in [4.78, 5) is 24.7. The summed E-state index contributed by atoms with van der Waals surface area (Å²) in [6.07, 6.45) is 2.44. The number of sulfonamides is 1. The van der Waals surface area contributed by atoms with Crippen molar-refractivity contribution in [3.63, 3.8) is 0 Å². The highest BCUT2D eigenvalue weighted by molar-refractivity contribution is 7.92. The molecule has 0 aliphatic carbocycles. The van der Waals surface area contributed by atoms with Gasteiger partial charge in [0.15, 0.2) is 0 Å². The second-order valence-corrected chi connectivity index (χ2v) is 9.03. The Kier molecular flexibility index (Phi) is 8.41. The maximum Gasteiger partial charge on any atom is 0.253 e. The SMILES string of the molecule is CCCNC(=O)c1ccccc1NC(=O)CCCN(c1ccc(C)cc1)S(C)(=O)=O. The van der Waals surface area contributed by atoms with Crippen molar-refractivity contribution < 1.29 is 18.0 Å². The molecule has 0 fully saturated rings. The van der Waals surface area contributed by atoms with E-state index in [1.807, 2.05) is 26.0 Å². The maximum atomic E-state index is 12.4. The Hall–Kier alpha value is -2.87. The first-order valence-corrected chi connectivity index (χ1v) is 11.8. The van der Waals surface area contributed by atoms with Gasteiger partial charge in [-0.05, 0) is 44.0 Å². The second-order valence-electron chi connectivity index (χ2n) is 7.12. The van der Waals surface area contributed by atoms with Crippen LogP contribution in [-0.4, -0.2) is 39.6 Å². The van der Waals surface area contributed by atoms with Crippen LogP contribution in [0.2, 0.25) is 0 Å². The molecule has 2 amide bonds. The number of para-hydroxylation sites is 1. The Morgan fingerprint density at radius 1 is 1.03 bits per heavy atom. The lowest BCUT2D eigenvalue weighted by atomic mass is 10.1. The number of benzene rings is 2. The zero-order valence-electron chi connectivity index (χ0n) is 17.6. The fraction of sp³-hybridized carbons (Fsp3) is 0.364. The van der Waals surface area contributed by atoms with Crippen molar-refractivity contribution in [3.05, 3.63) is 59.7 Å². The van der Waals surface area contributed by atoms with Gasteiger partial charge in [-0.1, -0.05) is 36.8 Å². The molecule has 8 heteroatoms. The van der Waals surface area contributed by atoms with Gasteiger partial charge in [0.2, 0.25) is 15.9 Å². The molecule has 0 aliphatic heterocycles. The predicted molar refractivity (Wildman–Crippen MR) is 120 cm³/mol. The summed E-state index contributed by atoms with van der Waals surface area (Å²) in [5, 5.41) is 5.56. The van der Waals surface area contributed by atoms with E-state index in [1.54, 1.807) is 36.4 Å². The van der Waals surface area contributed by atoms with Gasteiger partial charge in [0, 0.05) is 19.5 Å². The molecule has 0 spiro atoms. The van der Waals surface area contributed by atoms with Crippen LogP contribution in [0, 0.1) is 6.92 Å². The molecular formula is C22H29N3O4S. The van der Waals surface area contributed by atoms with Crippen LogP contribution in [0.15, 0.2) is 48.5 Å². The van der Waals surface area contributed by atoms with Gasteiger partial charge in [0.1, 0.15) is 0 Å². The Morgan fingerprint density at radius 2 is 1.70 bits per heavy atom. The lowest BCUT2D eigenvalue weighted by molar-refractivity contribution is -0.116. The second kappa shape index (κ2) is 10.8. The number of nitrogens with one attached hydrogen (secondary N) is 2.